The average Bonchev–Trinajstić information content (AvgIpc) is 3.32. The molecule has 5 unspecified atom stereocenters. The molecule has 1 aromatic carbocycles. The fourth-order valence-corrected chi connectivity index (χ4v) is 4.82. The Morgan fingerprint density at radius 2 is 1.96 bits per heavy atom. The first-order chi connectivity index (χ1) is 11.2. The molecule has 23 heavy (non-hydrogen) atoms. The van der Waals surface area contributed by atoms with E-state index >= 15 is 0 Å². The number of piperidine rings is 1. The molecule has 1 aromatic rings. The molecule has 5 nitrogen and oxygen atoms in total. The van der Waals surface area contributed by atoms with E-state index < -0.39 is 5.92 Å². The molecular weight excluding hydrogens is 362 g/mol. The van der Waals surface area contributed by atoms with Crippen LogP contribution >= 0.6 is 15.9 Å². The molecule has 0 radical (unpaired) electrons. The maximum absolute atomic E-state index is 12.5. The topological polar surface area (TPSA) is 62.3 Å². The lowest BCUT2D eigenvalue weighted by atomic mass is 9.97. The van der Waals surface area contributed by atoms with Crippen molar-refractivity contribution < 1.29 is 19.4 Å². The molecule has 0 aliphatic carbocycles. The third-order valence-electron chi connectivity index (χ3n) is 5.27. The van der Waals surface area contributed by atoms with E-state index in [9.17, 15) is 9.90 Å². The standard InChI is InChI=1S/C17H20BrNO4/c18-9-19-13-6-11(7-14(19)16-15(13)23-16)22-17(21)12(8-20)10-4-2-1-3-5-10/h1-5,11-16,20H,6-9H2. The predicted octanol–water partition coefficient (Wildman–Crippen LogP) is 1.64. The zero-order chi connectivity index (χ0) is 16.0. The number of nitrogens with zero attached hydrogens (tertiary/aromatic N) is 1. The van der Waals surface area contributed by atoms with Crippen LogP contribution in [0.2, 0.25) is 0 Å². The van der Waals surface area contributed by atoms with Crippen LogP contribution in [0.25, 0.3) is 0 Å². The van der Waals surface area contributed by atoms with Gasteiger partial charge in [-0.25, -0.2) is 0 Å². The Balaban J connectivity index is 1.42. The molecule has 0 saturated carbocycles. The molecule has 3 aliphatic rings. The van der Waals surface area contributed by atoms with E-state index in [1.165, 1.54) is 0 Å². The molecule has 0 amide bonds. The number of fused-ring (bicyclic) bond motifs is 5. The third kappa shape index (κ3) is 2.71. The van der Waals surface area contributed by atoms with Gasteiger partial charge in [0.1, 0.15) is 24.2 Å². The van der Waals surface area contributed by atoms with Crippen molar-refractivity contribution in [1.29, 1.82) is 0 Å². The van der Waals surface area contributed by atoms with E-state index in [-0.39, 0.29) is 18.7 Å². The molecule has 3 aliphatic heterocycles. The summed E-state index contributed by atoms with van der Waals surface area (Å²) in [5, 5.41) is 9.59. The summed E-state index contributed by atoms with van der Waals surface area (Å²) in [6.07, 6.45) is 2.15. The maximum Gasteiger partial charge on any atom is 0.316 e. The Hall–Kier alpha value is -0.950. The van der Waals surface area contributed by atoms with E-state index in [2.05, 4.69) is 20.8 Å². The monoisotopic (exact) mass is 381 g/mol. The van der Waals surface area contributed by atoms with Crippen molar-refractivity contribution in [2.24, 2.45) is 0 Å². The molecule has 1 N–H and O–H groups in total. The van der Waals surface area contributed by atoms with Gasteiger partial charge >= 0.3 is 5.97 Å². The fourth-order valence-electron chi connectivity index (χ4n) is 4.07. The Labute approximate surface area is 143 Å². The minimum absolute atomic E-state index is 0.0815. The summed E-state index contributed by atoms with van der Waals surface area (Å²) in [4.78, 5) is 14.9. The summed E-state index contributed by atoms with van der Waals surface area (Å²) in [6, 6.07) is 9.99. The Kier molecular flexibility index (Phi) is 4.17. The number of aliphatic hydroxyl groups excluding tert-OH is 1. The second kappa shape index (κ2) is 6.16. The molecule has 124 valence electrons. The maximum atomic E-state index is 12.5. The second-order valence-electron chi connectivity index (χ2n) is 6.51. The molecule has 0 aromatic heterocycles. The number of epoxide rings is 1. The van der Waals surface area contributed by atoms with Crippen molar-refractivity contribution in [1.82, 2.24) is 4.90 Å². The highest BCUT2D eigenvalue weighted by Crippen LogP contribution is 2.49. The van der Waals surface area contributed by atoms with Gasteiger partial charge in [-0.05, 0) is 5.56 Å². The van der Waals surface area contributed by atoms with Crippen molar-refractivity contribution >= 4 is 21.9 Å². The van der Waals surface area contributed by atoms with Crippen LogP contribution in [0.3, 0.4) is 0 Å². The highest BCUT2D eigenvalue weighted by Gasteiger charge is 2.63. The van der Waals surface area contributed by atoms with Gasteiger partial charge in [0.05, 0.1) is 12.1 Å². The number of aliphatic hydroxyl groups is 1. The summed E-state index contributed by atoms with van der Waals surface area (Å²) in [5.41, 5.74) is 1.63. The predicted molar refractivity (Wildman–Crippen MR) is 87.3 cm³/mol. The van der Waals surface area contributed by atoms with Crippen LogP contribution < -0.4 is 0 Å². The van der Waals surface area contributed by atoms with Gasteiger partial charge in [-0.2, -0.15) is 0 Å². The van der Waals surface area contributed by atoms with Crippen molar-refractivity contribution in [2.75, 3.05) is 12.1 Å². The summed E-state index contributed by atoms with van der Waals surface area (Å²) in [7, 11) is 0. The number of benzene rings is 1. The average molecular weight is 382 g/mol. The van der Waals surface area contributed by atoms with E-state index in [1.807, 2.05) is 30.3 Å². The van der Waals surface area contributed by atoms with Gasteiger partial charge in [-0.1, -0.05) is 46.3 Å². The first-order valence-electron chi connectivity index (χ1n) is 8.06. The molecule has 0 spiro atoms. The van der Waals surface area contributed by atoms with Crippen molar-refractivity contribution in [2.45, 2.75) is 49.2 Å². The van der Waals surface area contributed by atoms with Gasteiger partial charge < -0.3 is 14.6 Å². The van der Waals surface area contributed by atoms with Gasteiger partial charge in [-0.3, -0.25) is 9.69 Å². The number of halogens is 1. The highest BCUT2D eigenvalue weighted by atomic mass is 79.9. The number of carbonyl (C=O) groups is 1. The largest absolute Gasteiger partial charge is 0.462 e. The highest BCUT2D eigenvalue weighted by molar-refractivity contribution is 9.09. The molecular formula is C17H20BrNO4. The smallest absolute Gasteiger partial charge is 0.316 e. The van der Waals surface area contributed by atoms with Gasteiger partial charge in [0.15, 0.2) is 0 Å². The molecule has 5 atom stereocenters. The first-order valence-corrected chi connectivity index (χ1v) is 9.18. The van der Waals surface area contributed by atoms with Gasteiger partial charge in [-0.15, -0.1) is 0 Å². The summed E-state index contributed by atoms with van der Waals surface area (Å²) < 4.78 is 11.4. The van der Waals surface area contributed by atoms with Crippen LogP contribution in [0.15, 0.2) is 30.3 Å². The van der Waals surface area contributed by atoms with E-state index in [1.54, 1.807) is 0 Å². The zero-order valence-corrected chi connectivity index (χ0v) is 14.3. The number of hydrogen-bond acceptors (Lipinski definition) is 5. The van der Waals surface area contributed by atoms with Crippen molar-refractivity contribution in [3.8, 4) is 0 Å². The Bertz CT molecular complexity index is 565. The van der Waals surface area contributed by atoms with Crippen LogP contribution in [-0.2, 0) is 14.3 Å². The normalized spacial score (nSPS) is 36.3. The Morgan fingerprint density at radius 1 is 1.30 bits per heavy atom. The van der Waals surface area contributed by atoms with E-state index in [0.29, 0.717) is 24.3 Å². The third-order valence-corrected chi connectivity index (χ3v) is 5.85. The van der Waals surface area contributed by atoms with Crippen LogP contribution in [-0.4, -0.2) is 58.4 Å². The molecule has 3 heterocycles. The molecule has 3 saturated heterocycles. The van der Waals surface area contributed by atoms with Crippen molar-refractivity contribution in [3.63, 3.8) is 0 Å². The molecule has 4 rings (SSSR count). The van der Waals surface area contributed by atoms with E-state index in [4.69, 9.17) is 9.47 Å². The lowest BCUT2D eigenvalue weighted by molar-refractivity contribution is -0.156. The van der Waals surface area contributed by atoms with Crippen LogP contribution in [0.1, 0.15) is 24.3 Å². The van der Waals surface area contributed by atoms with Crippen molar-refractivity contribution in [3.05, 3.63) is 35.9 Å². The number of morpholine rings is 1. The second-order valence-corrected chi connectivity index (χ2v) is 7.01. The minimum Gasteiger partial charge on any atom is -0.462 e. The number of alkyl halides is 1. The zero-order valence-electron chi connectivity index (χ0n) is 12.7. The summed E-state index contributed by atoms with van der Waals surface area (Å²) >= 11 is 3.55. The lowest BCUT2D eigenvalue weighted by Crippen LogP contribution is -2.49. The molecule has 2 bridgehead atoms. The first kappa shape index (κ1) is 15.6. The van der Waals surface area contributed by atoms with Gasteiger partial charge in [0.2, 0.25) is 0 Å². The Morgan fingerprint density at radius 3 is 2.52 bits per heavy atom. The number of carbonyl (C=O) groups excluding carboxylic acids is 1. The van der Waals surface area contributed by atoms with Crippen LogP contribution in [0.5, 0.6) is 0 Å². The molecule has 6 heteroatoms. The SMILES string of the molecule is O=C(OC1CC2C3OC3C(C1)N2CBr)C(CO)c1ccccc1. The summed E-state index contributed by atoms with van der Waals surface area (Å²) in [6.45, 7) is -0.232. The van der Waals surface area contributed by atoms with E-state index in [0.717, 1.165) is 23.9 Å². The van der Waals surface area contributed by atoms with Gasteiger partial charge in [0.25, 0.3) is 0 Å². The number of rotatable bonds is 5. The lowest BCUT2D eigenvalue weighted by Gasteiger charge is -2.39. The summed E-state index contributed by atoms with van der Waals surface area (Å²) in [5.74, 6) is -0.932. The number of ether oxygens (including phenoxy) is 2. The number of hydrogen-bond donors (Lipinski definition) is 1. The van der Waals surface area contributed by atoms with Crippen LogP contribution in [0.4, 0.5) is 0 Å². The van der Waals surface area contributed by atoms with Gasteiger partial charge in [0, 0.05) is 24.9 Å². The van der Waals surface area contributed by atoms with Crippen LogP contribution in [0, 0.1) is 0 Å². The minimum atomic E-state index is -0.603. The fraction of sp³-hybridized carbons (Fsp3) is 0.588. The number of esters is 1. The quantitative estimate of drug-likeness (QED) is 0.363. The molecule has 3 fully saturated rings.